The maximum atomic E-state index is 11.0. The van der Waals surface area contributed by atoms with Crippen molar-refractivity contribution in [1.82, 2.24) is 20.2 Å². The summed E-state index contributed by atoms with van der Waals surface area (Å²) >= 11 is 6.15. The van der Waals surface area contributed by atoms with Crippen molar-refractivity contribution in [3.05, 3.63) is 29.3 Å². The topological polar surface area (TPSA) is 80.9 Å². The van der Waals surface area contributed by atoms with Crippen molar-refractivity contribution in [2.24, 2.45) is 0 Å². The molecule has 0 saturated heterocycles. The number of benzene rings is 1. The molecule has 1 unspecified atom stereocenters. The Morgan fingerprint density at radius 3 is 2.85 bits per heavy atom. The maximum Gasteiger partial charge on any atom is 0.305 e. The van der Waals surface area contributed by atoms with Crippen molar-refractivity contribution < 1.29 is 9.90 Å². The highest BCUT2D eigenvalue weighted by Crippen LogP contribution is 2.29. The molecule has 7 heteroatoms. The van der Waals surface area contributed by atoms with E-state index in [0.717, 1.165) is 6.42 Å². The Bertz CT molecular complexity index is 600. The van der Waals surface area contributed by atoms with E-state index < -0.39 is 5.97 Å². The zero-order valence-electron chi connectivity index (χ0n) is 11.0. The van der Waals surface area contributed by atoms with Crippen LogP contribution in [0.2, 0.25) is 5.02 Å². The van der Waals surface area contributed by atoms with E-state index in [1.165, 1.54) is 0 Å². The van der Waals surface area contributed by atoms with Gasteiger partial charge in [-0.25, -0.2) is 4.68 Å². The molecular formula is C13H15ClN4O2. The number of carboxylic acids is 1. The summed E-state index contributed by atoms with van der Waals surface area (Å²) in [7, 11) is 0. The first kappa shape index (κ1) is 14.5. The van der Waals surface area contributed by atoms with Crippen LogP contribution in [0.5, 0.6) is 0 Å². The average Bonchev–Trinajstić information content (AvgIpc) is 2.87. The van der Waals surface area contributed by atoms with Crippen LogP contribution in [0.25, 0.3) is 11.4 Å². The Kier molecular flexibility index (Phi) is 4.68. The van der Waals surface area contributed by atoms with E-state index in [2.05, 4.69) is 15.5 Å². The Hall–Kier alpha value is -1.95. The second kappa shape index (κ2) is 6.47. The lowest BCUT2D eigenvalue weighted by Crippen LogP contribution is -2.16. The largest absolute Gasteiger partial charge is 0.481 e. The molecule has 20 heavy (non-hydrogen) atoms. The van der Waals surface area contributed by atoms with Gasteiger partial charge in [0.25, 0.3) is 0 Å². The van der Waals surface area contributed by atoms with Crippen LogP contribution < -0.4 is 0 Å². The molecule has 0 aliphatic heterocycles. The molecule has 6 nitrogen and oxygen atoms in total. The Morgan fingerprint density at radius 1 is 1.45 bits per heavy atom. The third-order valence-corrected chi connectivity index (χ3v) is 3.32. The van der Waals surface area contributed by atoms with Crippen LogP contribution >= 0.6 is 11.6 Å². The van der Waals surface area contributed by atoms with Crippen molar-refractivity contribution in [2.45, 2.75) is 32.2 Å². The standard InChI is InChI=1S/C13H15ClN4O2/c1-2-5-9(8-12(19)20)18-13(15-16-17-18)10-6-3-4-7-11(10)14/h3-4,6-7,9H,2,5,8H2,1H3,(H,19,20). The van der Waals surface area contributed by atoms with E-state index in [1.807, 2.05) is 25.1 Å². The second-order valence-electron chi connectivity index (χ2n) is 4.47. The Labute approximate surface area is 121 Å². The summed E-state index contributed by atoms with van der Waals surface area (Å²) < 4.78 is 1.55. The fourth-order valence-electron chi connectivity index (χ4n) is 2.11. The van der Waals surface area contributed by atoms with Gasteiger partial charge >= 0.3 is 5.97 Å². The normalized spacial score (nSPS) is 12.3. The van der Waals surface area contributed by atoms with Gasteiger partial charge in [-0.05, 0) is 29.0 Å². The monoisotopic (exact) mass is 294 g/mol. The molecule has 1 heterocycles. The van der Waals surface area contributed by atoms with Crippen LogP contribution in [0.4, 0.5) is 0 Å². The number of tetrazole rings is 1. The lowest BCUT2D eigenvalue weighted by Gasteiger charge is -2.15. The van der Waals surface area contributed by atoms with Crippen LogP contribution in [-0.2, 0) is 4.79 Å². The van der Waals surface area contributed by atoms with Crippen molar-refractivity contribution >= 4 is 17.6 Å². The van der Waals surface area contributed by atoms with Gasteiger partial charge in [0.2, 0.25) is 0 Å². The van der Waals surface area contributed by atoms with E-state index >= 15 is 0 Å². The second-order valence-corrected chi connectivity index (χ2v) is 4.87. The van der Waals surface area contributed by atoms with Gasteiger partial charge in [-0.15, -0.1) is 5.10 Å². The average molecular weight is 295 g/mol. The zero-order valence-corrected chi connectivity index (χ0v) is 11.8. The lowest BCUT2D eigenvalue weighted by atomic mass is 10.1. The van der Waals surface area contributed by atoms with Gasteiger partial charge in [-0.3, -0.25) is 4.79 Å². The van der Waals surface area contributed by atoms with Crippen LogP contribution in [0.1, 0.15) is 32.2 Å². The highest BCUT2D eigenvalue weighted by Gasteiger charge is 2.21. The maximum absolute atomic E-state index is 11.0. The number of carbonyl (C=O) groups is 1. The summed E-state index contributed by atoms with van der Waals surface area (Å²) in [5.41, 5.74) is 0.700. The van der Waals surface area contributed by atoms with Crippen LogP contribution in [0, 0.1) is 0 Å². The fourth-order valence-corrected chi connectivity index (χ4v) is 2.33. The summed E-state index contributed by atoms with van der Waals surface area (Å²) in [5.74, 6) is -0.376. The number of aliphatic carboxylic acids is 1. The minimum absolute atomic E-state index is 0.0175. The van der Waals surface area contributed by atoms with Crippen molar-refractivity contribution in [3.63, 3.8) is 0 Å². The molecule has 2 aromatic rings. The third kappa shape index (κ3) is 3.14. The quantitative estimate of drug-likeness (QED) is 0.886. The molecule has 0 saturated carbocycles. The summed E-state index contributed by atoms with van der Waals surface area (Å²) in [4.78, 5) is 11.0. The SMILES string of the molecule is CCCC(CC(=O)O)n1nnnc1-c1ccccc1Cl. The number of nitrogens with zero attached hydrogens (tertiary/aromatic N) is 4. The molecule has 1 atom stereocenters. The number of halogens is 1. The first-order valence-electron chi connectivity index (χ1n) is 6.38. The lowest BCUT2D eigenvalue weighted by molar-refractivity contribution is -0.138. The first-order valence-corrected chi connectivity index (χ1v) is 6.75. The molecule has 2 rings (SSSR count). The zero-order chi connectivity index (χ0) is 14.5. The van der Waals surface area contributed by atoms with Crippen molar-refractivity contribution in [3.8, 4) is 11.4 Å². The van der Waals surface area contributed by atoms with Crippen LogP contribution in [0.15, 0.2) is 24.3 Å². The van der Waals surface area contributed by atoms with Gasteiger partial charge in [0, 0.05) is 5.56 Å². The molecule has 1 aromatic heterocycles. The van der Waals surface area contributed by atoms with Gasteiger partial charge in [-0.2, -0.15) is 0 Å². The van der Waals surface area contributed by atoms with Gasteiger partial charge in [0.15, 0.2) is 5.82 Å². The number of hydrogen-bond acceptors (Lipinski definition) is 4. The van der Waals surface area contributed by atoms with Crippen molar-refractivity contribution in [1.29, 1.82) is 0 Å². The van der Waals surface area contributed by atoms with E-state index in [1.54, 1.807) is 10.7 Å². The summed E-state index contributed by atoms with van der Waals surface area (Å²) in [6, 6.07) is 6.95. The molecule has 0 radical (unpaired) electrons. The van der Waals surface area contributed by atoms with Gasteiger partial charge in [0.05, 0.1) is 17.5 Å². The van der Waals surface area contributed by atoms with E-state index in [-0.39, 0.29) is 12.5 Å². The van der Waals surface area contributed by atoms with Crippen LogP contribution in [-0.4, -0.2) is 31.3 Å². The molecule has 0 spiro atoms. The van der Waals surface area contributed by atoms with Gasteiger partial charge in [-0.1, -0.05) is 37.1 Å². The smallest absolute Gasteiger partial charge is 0.305 e. The molecule has 0 bridgehead atoms. The number of aromatic nitrogens is 4. The highest BCUT2D eigenvalue weighted by molar-refractivity contribution is 6.33. The first-order chi connectivity index (χ1) is 9.63. The summed E-state index contributed by atoms with van der Waals surface area (Å²) in [6.45, 7) is 1.99. The molecule has 0 aliphatic carbocycles. The van der Waals surface area contributed by atoms with E-state index in [0.29, 0.717) is 22.8 Å². The van der Waals surface area contributed by atoms with Crippen molar-refractivity contribution in [2.75, 3.05) is 0 Å². The number of carboxylic acid groups (broad SMARTS) is 1. The molecule has 1 aromatic carbocycles. The molecular weight excluding hydrogens is 280 g/mol. The molecule has 0 fully saturated rings. The number of hydrogen-bond donors (Lipinski definition) is 1. The predicted molar refractivity (Wildman–Crippen MR) is 74.5 cm³/mol. The van der Waals surface area contributed by atoms with Gasteiger partial charge < -0.3 is 5.11 Å². The fraction of sp³-hybridized carbons (Fsp3) is 0.385. The summed E-state index contributed by atoms with van der Waals surface area (Å²) in [5, 5.41) is 21.1. The minimum Gasteiger partial charge on any atom is -0.481 e. The Morgan fingerprint density at radius 2 is 2.20 bits per heavy atom. The third-order valence-electron chi connectivity index (χ3n) is 2.99. The van der Waals surface area contributed by atoms with Crippen LogP contribution in [0.3, 0.4) is 0 Å². The molecule has 1 N–H and O–H groups in total. The summed E-state index contributed by atoms with van der Waals surface area (Å²) in [6.07, 6.45) is 1.52. The Balaban J connectivity index is 2.40. The predicted octanol–water partition coefficient (Wildman–Crippen LogP) is 2.81. The molecule has 0 amide bonds. The molecule has 0 aliphatic rings. The van der Waals surface area contributed by atoms with E-state index in [4.69, 9.17) is 16.7 Å². The minimum atomic E-state index is -0.871. The van der Waals surface area contributed by atoms with Gasteiger partial charge in [0.1, 0.15) is 0 Å². The number of rotatable bonds is 6. The highest BCUT2D eigenvalue weighted by atomic mass is 35.5. The molecule has 106 valence electrons. The van der Waals surface area contributed by atoms with E-state index in [9.17, 15) is 4.79 Å².